The number of hydrogen-bond acceptors (Lipinski definition) is 3. The van der Waals surface area contributed by atoms with Crippen molar-refractivity contribution in [2.24, 2.45) is 0 Å². The van der Waals surface area contributed by atoms with Crippen LogP contribution in [0.3, 0.4) is 0 Å². The van der Waals surface area contributed by atoms with Gasteiger partial charge in [-0.05, 0) is 68.1 Å². The SMILES string of the molecule is Cc1ccc(S(=O)(=O)N(CC(=O)NC(c2ccccc2)c2cccc(C)c2)c2cc(C)ccc2C)cc1. The number of sulfonamides is 1. The molecule has 0 radical (unpaired) electrons. The Bertz CT molecular complexity index is 1500. The van der Waals surface area contributed by atoms with Gasteiger partial charge in [0.1, 0.15) is 6.54 Å². The van der Waals surface area contributed by atoms with Gasteiger partial charge >= 0.3 is 0 Å². The molecule has 0 aliphatic carbocycles. The third-order valence-electron chi connectivity index (χ3n) is 6.34. The summed E-state index contributed by atoms with van der Waals surface area (Å²) in [6.07, 6.45) is 0. The highest BCUT2D eigenvalue weighted by atomic mass is 32.2. The molecule has 37 heavy (non-hydrogen) atoms. The average Bonchev–Trinajstić information content (AvgIpc) is 2.88. The van der Waals surface area contributed by atoms with Crippen molar-refractivity contribution in [2.75, 3.05) is 10.8 Å². The molecule has 4 aromatic rings. The highest BCUT2D eigenvalue weighted by Gasteiger charge is 2.29. The first-order chi connectivity index (χ1) is 17.6. The van der Waals surface area contributed by atoms with Crippen molar-refractivity contribution in [1.29, 1.82) is 0 Å². The molecule has 190 valence electrons. The normalized spacial score (nSPS) is 12.1. The quantitative estimate of drug-likeness (QED) is 0.314. The van der Waals surface area contributed by atoms with Gasteiger partial charge in [0.05, 0.1) is 16.6 Å². The summed E-state index contributed by atoms with van der Waals surface area (Å²) in [6.45, 7) is 7.31. The van der Waals surface area contributed by atoms with Crippen molar-refractivity contribution in [3.63, 3.8) is 0 Å². The highest BCUT2D eigenvalue weighted by Crippen LogP contribution is 2.29. The molecule has 0 bridgehead atoms. The van der Waals surface area contributed by atoms with Gasteiger partial charge in [-0.1, -0.05) is 90.0 Å². The van der Waals surface area contributed by atoms with Gasteiger partial charge in [0.25, 0.3) is 10.0 Å². The number of carbonyl (C=O) groups excluding carboxylic acids is 1. The first-order valence-corrected chi connectivity index (χ1v) is 13.7. The number of amides is 1. The molecule has 0 saturated carbocycles. The first-order valence-electron chi connectivity index (χ1n) is 12.2. The summed E-state index contributed by atoms with van der Waals surface area (Å²) in [4.78, 5) is 13.7. The van der Waals surface area contributed by atoms with E-state index in [1.807, 2.05) is 100 Å². The van der Waals surface area contributed by atoms with Crippen molar-refractivity contribution in [2.45, 2.75) is 38.6 Å². The van der Waals surface area contributed by atoms with Crippen LogP contribution in [0.2, 0.25) is 0 Å². The Labute approximate surface area is 219 Å². The third kappa shape index (κ3) is 6.09. The Balaban J connectivity index is 1.73. The van der Waals surface area contributed by atoms with Crippen LogP contribution in [-0.4, -0.2) is 20.9 Å². The molecule has 5 nitrogen and oxygen atoms in total. The van der Waals surface area contributed by atoms with E-state index in [-0.39, 0.29) is 11.4 Å². The topological polar surface area (TPSA) is 66.5 Å². The molecule has 0 heterocycles. The Morgan fingerprint density at radius 3 is 2.03 bits per heavy atom. The van der Waals surface area contributed by atoms with Gasteiger partial charge in [0.2, 0.25) is 5.91 Å². The van der Waals surface area contributed by atoms with E-state index < -0.39 is 22.0 Å². The maximum Gasteiger partial charge on any atom is 0.264 e. The van der Waals surface area contributed by atoms with Crippen molar-refractivity contribution in [3.05, 3.63) is 130 Å². The van der Waals surface area contributed by atoms with Crippen molar-refractivity contribution in [3.8, 4) is 0 Å². The fourth-order valence-corrected chi connectivity index (χ4v) is 5.79. The fourth-order valence-electron chi connectivity index (χ4n) is 4.32. The molecule has 1 amide bonds. The Kier molecular flexibility index (Phi) is 7.79. The first kappa shape index (κ1) is 26.2. The minimum atomic E-state index is -4.00. The lowest BCUT2D eigenvalue weighted by Crippen LogP contribution is -2.42. The number of nitrogens with zero attached hydrogens (tertiary/aromatic N) is 1. The Hall–Kier alpha value is -3.90. The second-order valence-electron chi connectivity index (χ2n) is 9.44. The largest absolute Gasteiger partial charge is 0.344 e. The molecule has 1 N–H and O–H groups in total. The van der Waals surface area contributed by atoms with Gasteiger partial charge in [0.15, 0.2) is 0 Å². The molecule has 0 saturated heterocycles. The fraction of sp³-hybridized carbons (Fsp3) is 0.194. The summed E-state index contributed by atoms with van der Waals surface area (Å²) < 4.78 is 28.9. The molecule has 0 aliphatic rings. The van der Waals surface area contributed by atoms with Gasteiger partial charge in [0, 0.05) is 0 Å². The van der Waals surface area contributed by atoms with E-state index in [0.29, 0.717) is 5.69 Å². The van der Waals surface area contributed by atoms with Gasteiger partial charge < -0.3 is 5.32 Å². The Morgan fingerprint density at radius 1 is 0.730 bits per heavy atom. The maximum atomic E-state index is 13.9. The second-order valence-corrected chi connectivity index (χ2v) is 11.3. The van der Waals surface area contributed by atoms with E-state index in [0.717, 1.165) is 33.4 Å². The lowest BCUT2D eigenvalue weighted by Gasteiger charge is -2.27. The van der Waals surface area contributed by atoms with E-state index in [2.05, 4.69) is 5.32 Å². The molecule has 0 aromatic heterocycles. The van der Waals surface area contributed by atoms with Crippen LogP contribution in [0.1, 0.15) is 39.4 Å². The predicted octanol–water partition coefficient (Wildman–Crippen LogP) is 6.02. The van der Waals surface area contributed by atoms with Crippen LogP contribution < -0.4 is 9.62 Å². The smallest absolute Gasteiger partial charge is 0.264 e. The number of nitrogens with one attached hydrogen (secondary N) is 1. The minimum absolute atomic E-state index is 0.144. The molecule has 1 atom stereocenters. The molecule has 0 aliphatic heterocycles. The van der Waals surface area contributed by atoms with Crippen LogP contribution in [-0.2, 0) is 14.8 Å². The summed E-state index contributed by atoms with van der Waals surface area (Å²) in [7, 11) is -4.00. The van der Waals surface area contributed by atoms with Gasteiger partial charge in [-0.3, -0.25) is 9.10 Å². The summed E-state index contributed by atoms with van der Waals surface area (Å²) in [6, 6.07) is 29.5. The molecule has 0 fully saturated rings. The van der Waals surface area contributed by atoms with E-state index in [4.69, 9.17) is 0 Å². The molecule has 6 heteroatoms. The average molecular weight is 513 g/mol. The zero-order valence-electron chi connectivity index (χ0n) is 21.6. The Morgan fingerprint density at radius 2 is 1.35 bits per heavy atom. The minimum Gasteiger partial charge on any atom is -0.344 e. The highest BCUT2D eigenvalue weighted by molar-refractivity contribution is 7.92. The van der Waals surface area contributed by atoms with E-state index in [9.17, 15) is 13.2 Å². The van der Waals surface area contributed by atoms with Gasteiger partial charge in [-0.2, -0.15) is 0 Å². The molecular formula is C31H32N2O3S. The summed E-state index contributed by atoms with van der Waals surface area (Å²) in [5.74, 6) is -0.396. The predicted molar refractivity (Wildman–Crippen MR) is 149 cm³/mol. The molecular weight excluding hydrogens is 480 g/mol. The number of benzene rings is 4. The monoisotopic (exact) mass is 512 g/mol. The zero-order chi connectivity index (χ0) is 26.6. The van der Waals surface area contributed by atoms with Crippen molar-refractivity contribution in [1.82, 2.24) is 5.32 Å². The van der Waals surface area contributed by atoms with Crippen LogP contribution >= 0.6 is 0 Å². The van der Waals surface area contributed by atoms with Crippen LogP contribution in [0.4, 0.5) is 5.69 Å². The lowest BCUT2D eigenvalue weighted by molar-refractivity contribution is -0.120. The summed E-state index contributed by atoms with van der Waals surface area (Å²) in [5.41, 5.74) is 6.05. The molecule has 4 rings (SSSR count). The standard InChI is InChI=1S/C31H32N2O3S/c1-22-14-17-28(18-15-22)37(35,36)33(29-20-24(3)13-16-25(29)4)21-30(34)32-31(26-10-6-5-7-11-26)27-12-8-9-23(2)19-27/h5-20,31H,21H2,1-4H3,(H,32,34). The van der Waals surface area contributed by atoms with E-state index >= 15 is 0 Å². The van der Waals surface area contributed by atoms with E-state index in [1.54, 1.807) is 24.3 Å². The maximum absolute atomic E-state index is 13.9. The zero-order valence-corrected chi connectivity index (χ0v) is 22.4. The number of anilines is 1. The van der Waals surface area contributed by atoms with E-state index in [1.165, 1.54) is 4.31 Å². The number of aryl methyl sites for hydroxylation is 4. The van der Waals surface area contributed by atoms with Crippen LogP contribution in [0.25, 0.3) is 0 Å². The molecule has 4 aromatic carbocycles. The summed E-state index contributed by atoms with van der Waals surface area (Å²) in [5, 5.41) is 3.10. The molecule has 1 unspecified atom stereocenters. The number of carbonyl (C=O) groups is 1. The third-order valence-corrected chi connectivity index (χ3v) is 8.12. The van der Waals surface area contributed by atoms with Crippen LogP contribution in [0.5, 0.6) is 0 Å². The number of rotatable bonds is 8. The van der Waals surface area contributed by atoms with Crippen molar-refractivity contribution < 1.29 is 13.2 Å². The lowest BCUT2D eigenvalue weighted by atomic mass is 9.97. The second kappa shape index (κ2) is 11.0. The van der Waals surface area contributed by atoms with Crippen LogP contribution in [0, 0.1) is 27.7 Å². The van der Waals surface area contributed by atoms with Crippen LogP contribution in [0.15, 0.2) is 102 Å². The number of hydrogen-bond donors (Lipinski definition) is 1. The van der Waals surface area contributed by atoms with Gasteiger partial charge in [-0.15, -0.1) is 0 Å². The van der Waals surface area contributed by atoms with Gasteiger partial charge in [-0.25, -0.2) is 8.42 Å². The summed E-state index contributed by atoms with van der Waals surface area (Å²) >= 11 is 0. The molecule has 0 spiro atoms. The van der Waals surface area contributed by atoms with Crippen molar-refractivity contribution >= 4 is 21.6 Å².